The zero-order valence-electron chi connectivity index (χ0n) is 9.05. The van der Waals surface area contributed by atoms with Crippen LogP contribution in [0.3, 0.4) is 0 Å². The third-order valence-corrected chi connectivity index (χ3v) is 3.98. The number of nitrogens with one attached hydrogen (secondary N) is 1. The first-order valence-corrected chi connectivity index (χ1v) is 6.99. The Morgan fingerprint density at radius 3 is 2.28 bits per heavy atom. The number of hydrogen-bond donors (Lipinski definition) is 1. The van der Waals surface area contributed by atoms with Gasteiger partial charge < -0.3 is 5.32 Å². The van der Waals surface area contributed by atoms with Gasteiger partial charge in [-0.25, -0.2) is 0 Å². The molecule has 0 aliphatic heterocycles. The summed E-state index contributed by atoms with van der Waals surface area (Å²) in [5.74, 6) is 0. The van der Waals surface area contributed by atoms with Gasteiger partial charge in [0, 0.05) is 8.95 Å². The van der Waals surface area contributed by atoms with Crippen molar-refractivity contribution in [3.63, 3.8) is 0 Å². The molecule has 0 heterocycles. The topological polar surface area (TPSA) is 35.8 Å². The van der Waals surface area contributed by atoms with Crippen molar-refractivity contribution in [2.24, 2.45) is 0 Å². The molecule has 0 saturated carbocycles. The Kier molecular flexibility index (Phi) is 4.28. The molecule has 2 aromatic rings. The number of para-hydroxylation sites is 1. The van der Waals surface area contributed by atoms with E-state index in [0.717, 1.165) is 14.6 Å². The quantitative estimate of drug-likeness (QED) is 0.742. The van der Waals surface area contributed by atoms with Crippen molar-refractivity contribution in [3.8, 4) is 6.07 Å². The van der Waals surface area contributed by atoms with Crippen LogP contribution in [0.5, 0.6) is 0 Å². The molecule has 18 heavy (non-hydrogen) atoms. The third kappa shape index (κ3) is 2.69. The van der Waals surface area contributed by atoms with Gasteiger partial charge in [-0.2, -0.15) is 5.26 Å². The number of benzene rings is 2. The molecule has 2 aromatic carbocycles. The smallest absolute Gasteiger partial charge is 0.103 e. The molecular weight excluding hydrogens is 379 g/mol. The second kappa shape index (κ2) is 5.75. The van der Waals surface area contributed by atoms with Crippen LogP contribution in [-0.2, 0) is 0 Å². The summed E-state index contributed by atoms with van der Waals surface area (Å²) in [5, 5.41) is 12.8. The van der Waals surface area contributed by atoms with E-state index < -0.39 is 0 Å². The van der Waals surface area contributed by atoms with Crippen LogP contribution >= 0.6 is 43.5 Å². The van der Waals surface area contributed by atoms with Crippen molar-refractivity contribution < 1.29 is 0 Å². The lowest BCUT2D eigenvalue weighted by atomic mass is 10.2. The molecule has 90 valence electrons. The van der Waals surface area contributed by atoms with Crippen molar-refractivity contribution in [1.82, 2.24) is 0 Å². The summed E-state index contributed by atoms with van der Waals surface area (Å²) in [7, 11) is 0. The molecule has 0 amide bonds. The molecule has 0 bridgehead atoms. The van der Waals surface area contributed by atoms with Gasteiger partial charge in [-0.1, -0.05) is 23.7 Å². The highest BCUT2D eigenvalue weighted by Gasteiger charge is 2.10. The molecule has 0 aromatic heterocycles. The van der Waals surface area contributed by atoms with Gasteiger partial charge in [0.2, 0.25) is 0 Å². The predicted octanol–water partition coefficient (Wildman–Crippen LogP) is 5.48. The van der Waals surface area contributed by atoms with Gasteiger partial charge >= 0.3 is 0 Å². The maximum absolute atomic E-state index is 9.12. The normalized spacial score (nSPS) is 9.89. The van der Waals surface area contributed by atoms with Gasteiger partial charge in [-0.15, -0.1) is 0 Å². The number of nitrogens with zero attached hydrogens (tertiary/aromatic N) is 1. The van der Waals surface area contributed by atoms with Crippen LogP contribution in [0.25, 0.3) is 0 Å². The molecular formula is C13H7Br2ClN2. The Bertz CT molecular complexity index is 615. The Hall–Kier alpha value is -1.02. The lowest BCUT2D eigenvalue weighted by Crippen LogP contribution is -1.96. The second-order valence-corrected chi connectivity index (χ2v) is 5.61. The lowest BCUT2D eigenvalue weighted by Gasteiger charge is -2.12. The summed E-state index contributed by atoms with van der Waals surface area (Å²) in [5.41, 5.74) is 1.97. The Morgan fingerprint density at radius 2 is 1.67 bits per heavy atom. The zero-order valence-corrected chi connectivity index (χ0v) is 13.0. The summed E-state index contributed by atoms with van der Waals surface area (Å²) >= 11 is 12.9. The average molecular weight is 386 g/mol. The standard InChI is InChI=1S/C13H7Br2ClN2/c14-9-3-1-4-10(15)13(9)18-12-6-2-5-11(16)8(12)7-17/h1-6,18H. The number of hydrogen-bond acceptors (Lipinski definition) is 2. The highest BCUT2D eigenvalue weighted by atomic mass is 79.9. The molecule has 0 atom stereocenters. The van der Waals surface area contributed by atoms with Gasteiger partial charge in [0.05, 0.1) is 22.0 Å². The SMILES string of the molecule is N#Cc1c(Cl)cccc1Nc1c(Br)cccc1Br. The van der Waals surface area contributed by atoms with Gasteiger partial charge in [0.25, 0.3) is 0 Å². The van der Waals surface area contributed by atoms with E-state index in [1.807, 2.05) is 24.3 Å². The van der Waals surface area contributed by atoms with E-state index in [4.69, 9.17) is 16.9 Å². The van der Waals surface area contributed by atoms with Gasteiger partial charge in [-0.3, -0.25) is 0 Å². The fraction of sp³-hybridized carbons (Fsp3) is 0. The van der Waals surface area contributed by atoms with Crippen LogP contribution in [0.1, 0.15) is 5.56 Å². The first kappa shape index (κ1) is 13.4. The maximum atomic E-state index is 9.12. The van der Waals surface area contributed by atoms with Crippen LogP contribution in [0.2, 0.25) is 5.02 Å². The van der Waals surface area contributed by atoms with Gasteiger partial charge in [0.15, 0.2) is 0 Å². The van der Waals surface area contributed by atoms with Crippen molar-refractivity contribution in [2.45, 2.75) is 0 Å². The lowest BCUT2D eigenvalue weighted by molar-refractivity contribution is 1.44. The van der Waals surface area contributed by atoms with E-state index in [-0.39, 0.29) is 0 Å². The van der Waals surface area contributed by atoms with Crippen LogP contribution in [0.15, 0.2) is 45.3 Å². The first-order chi connectivity index (χ1) is 8.63. The second-order valence-electron chi connectivity index (χ2n) is 3.50. The molecule has 0 spiro atoms. The molecule has 0 aliphatic carbocycles. The average Bonchev–Trinajstić information content (AvgIpc) is 2.34. The van der Waals surface area contributed by atoms with Crippen molar-refractivity contribution in [1.29, 1.82) is 5.26 Å². The van der Waals surface area contributed by atoms with Crippen molar-refractivity contribution in [3.05, 3.63) is 55.9 Å². The summed E-state index contributed by atoms with van der Waals surface area (Å²) in [6, 6.07) is 13.2. The summed E-state index contributed by atoms with van der Waals surface area (Å²) in [6.45, 7) is 0. The molecule has 0 fully saturated rings. The number of halogens is 3. The van der Waals surface area contributed by atoms with E-state index in [2.05, 4.69) is 43.2 Å². The van der Waals surface area contributed by atoms with E-state index in [0.29, 0.717) is 16.3 Å². The minimum Gasteiger partial charge on any atom is -0.353 e. The Balaban J connectivity index is 2.48. The molecule has 1 N–H and O–H groups in total. The summed E-state index contributed by atoms with van der Waals surface area (Å²) in [4.78, 5) is 0. The minimum absolute atomic E-state index is 0.432. The van der Waals surface area contributed by atoms with Crippen LogP contribution in [0.4, 0.5) is 11.4 Å². The van der Waals surface area contributed by atoms with Crippen molar-refractivity contribution in [2.75, 3.05) is 5.32 Å². The van der Waals surface area contributed by atoms with Crippen molar-refractivity contribution >= 4 is 54.8 Å². The largest absolute Gasteiger partial charge is 0.353 e. The van der Waals surface area contributed by atoms with E-state index in [1.54, 1.807) is 12.1 Å². The number of nitriles is 1. The first-order valence-electron chi connectivity index (χ1n) is 5.03. The molecule has 0 saturated heterocycles. The number of anilines is 2. The van der Waals surface area contributed by atoms with E-state index in [9.17, 15) is 0 Å². The van der Waals surface area contributed by atoms with Gasteiger partial charge in [0.1, 0.15) is 6.07 Å². The third-order valence-electron chi connectivity index (χ3n) is 2.35. The summed E-state index contributed by atoms with van der Waals surface area (Å²) in [6.07, 6.45) is 0. The summed E-state index contributed by atoms with van der Waals surface area (Å²) < 4.78 is 1.81. The molecule has 2 rings (SSSR count). The highest BCUT2D eigenvalue weighted by molar-refractivity contribution is 9.11. The van der Waals surface area contributed by atoms with Crippen LogP contribution in [-0.4, -0.2) is 0 Å². The Morgan fingerprint density at radius 1 is 1.06 bits per heavy atom. The predicted molar refractivity (Wildman–Crippen MR) is 81.3 cm³/mol. The number of rotatable bonds is 2. The molecule has 5 heteroatoms. The fourth-order valence-electron chi connectivity index (χ4n) is 1.49. The Labute approximate surface area is 127 Å². The van der Waals surface area contributed by atoms with E-state index in [1.165, 1.54) is 0 Å². The van der Waals surface area contributed by atoms with Crippen LogP contribution in [0, 0.1) is 11.3 Å². The highest BCUT2D eigenvalue weighted by Crippen LogP contribution is 2.35. The zero-order chi connectivity index (χ0) is 13.1. The van der Waals surface area contributed by atoms with Gasteiger partial charge in [-0.05, 0) is 56.1 Å². The fourth-order valence-corrected chi connectivity index (χ4v) is 2.91. The maximum Gasteiger partial charge on any atom is 0.103 e. The van der Waals surface area contributed by atoms with Crippen LogP contribution < -0.4 is 5.32 Å². The van der Waals surface area contributed by atoms with E-state index >= 15 is 0 Å². The minimum atomic E-state index is 0.432. The monoisotopic (exact) mass is 384 g/mol. The molecule has 0 aliphatic rings. The molecule has 0 radical (unpaired) electrons. The molecule has 0 unspecified atom stereocenters. The molecule has 2 nitrogen and oxygen atoms in total.